The average Bonchev–Trinajstić information content (AvgIpc) is 2.29. The van der Waals surface area contributed by atoms with Crippen molar-refractivity contribution < 1.29 is 19.1 Å². The molecule has 0 aromatic heterocycles. The number of rotatable bonds is 5. The summed E-state index contributed by atoms with van der Waals surface area (Å²) in [4.78, 5) is 22.2. The van der Waals surface area contributed by atoms with Gasteiger partial charge in [-0.25, -0.2) is 0 Å². The standard InChI is InChI=1S/C14H18O4/c1-9-7-14(17-4)12(5-6-18-11(3)16)8-13(9)10(2)15/h7-8H,5-6H2,1-4H3. The van der Waals surface area contributed by atoms with Gasteiger partial charge in [0.2, 0.25) is 0 Å². The quantitative estimate of drug-likeness (QED) is 0.594. The highest BCUT2D eigenvalue weighted by atomic mass is 16.5. The van der Waals surface area contributed by atoms with Crippen molar-refractivity contribution in [1.29, 1.82) is 0 Å². The Morgan fingerprint density at radius 1 is 1.22 bits per heavy atom. The van der Waals surface area contributed by atoms with E-state index in [4.69, 9.17) is 9.47 Å². The Labute approximate surface area is 107 Å². The van der Waals surface area contributed by atoms with E-state index < -0.39 is 0 Å². The van der Waals surface area contributed by atoms with E-state index in [1.54, 1.807) is 13.2 Å². The lowest BCUT2D eigenvalue weighted by Gasteiger charge is -2.12. The molecule has 0 spiro atoms. The second-order valence-corrected chi connectivity index (χ2v) is 4.13. The highest BCUT2D eigenvalue weighted by Crippen LogP contribution is 2.24. The van der Waals surface area contributed by atoms with Crippen LogP contribution in [0.4, 0.5) is 0 Å². The van der Waals surface area contributed by atoms with Gasteiger partial charge in [-0.15, -0.1) is 0 Å². The molecule has 0 aliphatic rings. The number of hydrogen-bond acceptors (Lipinski definition) is 4. The fraction of sp³-hybridized carbons (Fsp3) is 0.429. The topological polar surface area (TPSA) is 52.6 Å². The third-order valence-corrected chi connectivity index (χ3v) is 2.68. The summed E-state index contributed by atoms with van der Waals surface area (Å²) in [6, 6.07) is 3.64. The van der Waals surface area contributed by atoms with Crippen LogP contribution in [0.3, 0.4) is 0 Å². The molecule has 0 saturated carbocycles. The summed E-state index contributed by atoms with van der Waals surface area (Å²) in [5.74, 6) is 0.418. The predicted octanol–water partition coefficient (Wildman–Crippen LogP) is 2.31. The van der Waals surface area contributed by atoms with Gasteiger partial charge in [-0.3, -0.25) is 9.59 Å². The number of aryl methyl sites for hydroxylation is 1. The third-order valence-electron chi connectivity index (χ3n) is 2.68. The van der Waals surface area contributed by atoms with Gasteiger partial charge in [0, 0.05) is 18.9 Å². The molecule has 0 aliphatic carbocycles. The van der Waals surface area contributed by atoms with E-state index in [1.807, 2.05) is 13.0 Å². The molecule has 18 heavy (non-hydrogen) atoms. The first-order chi connectivity index (χ1) is 8.45. The summed E-state index contributed by atoms with van der Waals surface area (Å²) in [7, 11) is 1.58. The molecule has 1 aromatic rings. The van der Waals surface area contributed by atoms with Crippen LogP contribution in [0, 0.1) is 6.92 Å². The second kappa shape index (κ2) is 6.19. The molecule has 0 N–H and O–H groups in total. The molecule has 4 heteroatoms. The Kier molecular flexibility index (Phi) is 4.89. The lowest BCUT2D eigenvalue weighted by Crippen LogP contribution is -2.06. The fourth-order valence-electron chi connectivity index (χ4n) is 1.80. The molecule has 1 rings (SSSR count). The van der Waals surface area contributed by atoms with Crippen molar-refractivity contribution in [2.75, 3.05) is 13.7 Å². The molecule has 0 saturated heterocycles. The van der Waals surface area contributed by atoms with Crippen molar-refractivity contribution in [2.24, 2.45) is 0 Å². The first kappa shape index (κ1) is 14.2. The van der Waals surface area contributed by atoms with Crippen LogP contribution in [0.1, 0.15) is 35.3 Å². The minimum atomic E-state index is -0.312. The van der Waals surface area contributed by atoms with Crippen molar-refractivity contribution in [3.8, 4) is 5.75 Å². The molecule has 98 valence electrons. The van der Waals surface area contributed by atoms with Crippen molar-refractivity contribution in [2.45, 2.75) is 27.2 Å². The van der Waals surface area contributed by atoms with Crippen LogP contribution in [0.5, 0.6) is 5.75 Å². The van der Waals surface area contributed by atoms with Gasteiger partial charge in [0.1, 0.15) is 5.75 Å². The van der Waals surface area contributed by atoms with Crippen LogP contribution in [0.25, 0.3) is 0 Å². The van der Waals surface area contributed by atoms with E-state index in [9.17, 15) is 9.59 Å². The van der Waals surface area contributed by atoms with Crippen LogP contribution in [0.2, 0.25) is 0 Å². The van der Waals surface area contributed by atoms with E-state index in [0.29, 0.717) is 17.7 Å². The van der Waals surface area contributed by atoms with Gasteiger partial charge in [0.05, 0.1) is 13.7 Å². The van der Waals surface area contributed by atoms with E-state index in [1.165, 1.54) is 13.8 Å². The van der Waals surface area contributed by atoms with Gasteiger partial charge in [-0.2, -0.15) is 0 Å². The minimum Gasteiger partial charge on any atom is -0.496 e. The summed E-state index contributed by atoms with van der Waals surface area (Å²) in [6.07, 6.45) is 0.531. The molecular weight excluding hydrogens is 232 g/mol. The van der Waals surface area contributed by atoms with Gasteiger partial charge in [-0.1, -0.05) is 0 Å². The van der Waals surface area contributed by atoms with E-state index in [2.05, 4.69) is 0 Å². The Morgan fingerprint density at radius 2 is 1.89 bits per heavy atom. The zero-order valence-corrected chi connectivity index (χ0v) is 11.2. The highest BCUT2D eigenvalue weighted by molar-refractivity contribution is 5.96. The van der Waals surface area contributed by atoms with Crippen LogP contribution >= 0.6 is 0 Å². The van der Waals surface area contributed by atoms with Crippen molar-refractivity contribution in [3.05, 3.63) is 28.8 Å². The monoisotopic (exact) mass is 250 g/mol. The lowest BCUT2D eigenvalue weighted by molar-refractivity contribution is -0.140. The van der Waals surface area contributed by atoms with E-state index >= 15 is 0 Å². The number of ether oxygens (including phenoxy) is 2. The summed E-state index contributed by atoms with van der Waals surface area (Å²) >= 11 is 0. The molecule has 0 bridgehead atoms. The second-order valence-electron chi connectivity index (χ2n) is 4.13. The summed E-state index contributed by atoms with van der Waals surface area (Å²) in [6.45, 7) is 5.05. The Morgan fingerprint density at radius 3 is 2.39 bits per heavy atom. The average molecular weight is 250 g/mol. The number of carbonyl (C=O) groups excluding carboxylic acids is 2. The zero-order chi connectivity index (χ0) is 13.7. The largest absolute Gasteiger partial charge is 0.496 e. The predicted molar refractivity (Wildman–Crippen MR) is 68.1 cm³/mol. The molecule has 0 unspecified atom stereocenters. The van der Waals surface area contributed by atoms with Crippen LogP contribution in [0.15, 0.2) is 12.1 Å². The number of ketones is 1. The molecule has 1 aromatic carbocycles. The highest BCUT2D eigenvalue weighted by Gasteiger charge is 2.11. The van der Waals surface area contributed by atoms with Gasteiger partial charge >= 0.3 is 5.97 Å². The maximum atomic E-state index is 11.5. The number of Topliss-reactive ketones (excluding diaryl/α,β-unsaturated/α-hetero) is 1. The number of esters is 1. The summed E-state index contributed by atoms with van der Waals surface area (Å²) < 4.78 is 10.2. The molecule has 0 aliphatic heterocycles. The van der Waals surface area contributed by atoms with E-state index in [-0.39, 0.29) is 18.4 Å². The smallest absolute Gasteiger partial charge is 0.302 e. The van der Waals surface area contributed by atoms with Gasteiger partial charge < -0.3 is 9.47 Å². The fourth-order valence-corrected chi connectivity index (χ4v) is 1.80. The van der Waals surface area contributed by atoms with E-state index in [0.717, 1.165) is 11.1 Å². The van der Waals surface area contributed by atoms with Crippen LogP contribution in [-0.4, -0.2) is 25.5 Å². The van der Waals surface area contributed by atoms with Gasteiger partial charge in [0.15, 0.2) is 5.78 Å². The molecular formula is C14H18O4. The third kappa shape index (κ3) is 3.58. The van der Waals surface area contributed by atoms with Crippen molar-refractivity contribution in [3.63, 3.8) is 0 Å². The van der Waals surface area contributed by atoms with Crippen LogP contribution < -0.4 is 4.74 Å². The molecule has 0 fully saturated rings. The molecule has 4 nitrogen and oxygen atoms in total. The van der Waals surface area contributed by atoms with Gasteiger partial charge in [0.25, 0.3) is 0 Å². The number of carbonyl (C=O) groups is 2. The van der Waals surface area contributed by atoms with Crippen molar-refractivity contribution in [1.82, 2.24) is 0 Å². The molecule has 0 radical (unpaired) electrons. The van der Waals surface area contributed by atoms with Crippen molar-refractivity contribution >= 4 is 11.8 Å². The maximum Gasteiger partial charge on any atom is 0.302 e. The lowest BCUT2D eigenvalue weighted by atomic mass is 9.99. The Hall–Kier alpha value is -1.84. The maximum absolute atomic E-state index is 11.5. The van der Waals surface area contributed by atoms with Gasteiger partial charge in [-0.05, 0) is 37.1 Å². The number of methoxy groups -OCH3 is 1. The normalized spacial score (nSPS) is 10.0. The molecule has 0 heterocycles. The first-order valence-electron chi connectivity index (χ1n) is 5.77. The SMILES string of the molecule is COc1cc(C)c(C(C)=O)cc1CCOC(C)=O. The Balaban J connectivity index is 2.97. The minimum absolute atomic E-state index is 0.0175. The molecule has 0 amide bonds. The Bertz CT molecular complexity index is 463. The number of benzene rings is 1. The molecule has 0 atom stereocenters. The summed E-state index contributed by atoms with van der Waals surface area (Å²) in [5, 5.41) is 0. The first-order valence-corrected chi connectivity index (χ1v) is 5.77. The summed E-state index contributed by atoms with van der Waals surface area (Å²) in [5.41, 5.74) is 2.43. The number of hydrogen-bond donors (Lipinski definition) is 0. The zero-order valence-electron chi connectivity index (χ0n) is 11.2. The van der Waals surface area contributed by atoms with Crippen LogP contribution in [-0.2, 0) is 16.0 Å².